The molecule has 0 saturated heterocycles. The number of carbonyl (C=O) groups is 1. The number of nitrogen functional groups attached to an aromatic ring is 1. The van der Waals surface area contributed by atoms with Gasteiger partial charge in [-0.3, -0.25) is 4.79 Å². The first-order valence-corrected chi connectivity index (χ1v) is 6.89. The van der Waals surface area contributed by atoms with Crippen LogP contribution in [0.4, 0.5) is 5.69 Å². The highest BCUT2D eigenvalue weighted by Gasteiger charge is 2.18. The molecule has 0 aliphatic heterocycles. The van der Waals surface area contributed by atoms with Crippen molar-refractivity contribution >= 4 is 11.6 Å². The summed E-state index contributed by atoms with van der Waals surface area (Å²) in [6.07, 6.45) is 1.85. The summed E-state index contributed by atoms with van der Waals surface area (Å²) in [7, 11) is 3.05. The molecule has 20 heavy (non-hydrogen) atoms. The Hall–Kier alpha value is -1.91. The lowest BCUT2D eigenvalue weighted by atomic mass is 10.1. The van der Waals surface area contributed by atoms with Gasteiger partial charge in [0, 0.05) is 18.7 Å². The van der Waals surface area contributed by atoms with Crippen LogP contribution < -0.4 is 15.2 Å². The zero-order valence-electron chi connectivity index (χ0n) is 12.7. The van der Waals surface area contributed by atoms with Crippen molar-refractivity contribution in [3.8, 4) is 11.5 Å². The van der Waals surface area contributed by atoms with Gasteiger partial charge in [-0.1, -0.05) is 13.8 Å². The molecule has 1 aromatic carbocycles. The molecule has 0 aliphatic carbocycles. The fourth-order valence-corrected chi connectivity index (χ4v) is 2.15. The lowest BCUT2D eigenvalue weighted by molar-refractivity contribution is 0.0755. The first-order valence-electron chi connectivity index (χ1n) is 6.89. The Morgan fingerprint density at radius 3 is 2.20 bits per heavy atom. The van der Waals surface area contributed by atoms with Crippen LogP contribution in [0.25, 0.3) is 0 Å². The summed E-state index contributed by atoms with van der Waals surface area (Å²) in [5, 5.41) is 0. The smallest absolute Gasteiger partial charge is 0.254 e. The van der Waals surface area contributed by atoms with E-state index in [4.69, 9.17) is 15.2 Å². The van der Waals surface area contributed by atoms with Crippen molar-refractivity contribution in [2.45, 2.75) is 26.7 Å². The summed E-state index contributed by atoms with van der Waals surface area (Å²) in [6.45, 7) is 5.58. The SMILES string of the molecule is CCCN(CCC)C(=O)c1cc(N)c(OC)c(OC)c1. The molecule has 0 heterocycles. The second kappa shape index (κ2) is 7.62. The lowest BCUT2D eigenvalue weighted by Crippen LogP contribution is -2.32. The van der Waals surface area contributed by atoms with Crippen LogP contribution in [0.15, 0.2) is 12.1 Å². The van der Waals surface area contributed by atoms with Crippen LogP contribution >= 0.6 is 0 Å². The molecular formula is C15H24N2O3. The van der Waals surface area contributed by atoms with Gasteiger partial charge in [0.05, 0.1) is 19.9 Å². The highest BCUT2D eigenvalue weighted by atomic mass is 16.5. The number of amides is 1. The predicted molar refractivity (Wildman–Crippen MR) is 80.4 cm³/mol. The van der Waals surface area contributed by atoms with Gasteiger partial charge in [-0.15, -0.1) is 0 Å². The van der Waals surface area contributed by atoms with E-state index in [-0.39, 0.29) is 5.91 Å². The number of hydrogen-bond acceptors (Lipinski definition) is 4. The highest BCUT2D eigenvalue weighted by Crippen LogP contribution is 2.34. The van der Waals surface area contributed by atoms with E-state index in [9.17, 15) is 4.79 Å². The first kappa shape index (κ1) is 16.1. The summed E-state index contributed by atoms with van der Waals surface area (Å²) >= 11 is 0. The van der Waals surface area contributed by atoms with Crippen molar-refractivity contribution in [3.63, 3.8) is 0 Å². The standard InChI is InChI=1S/C15H24N2O3/c1-5-7-17(8-6-2)15(18)11-9-12(16)14(20-4)13(10-11)19-3/h9-10H,5-8,16H2,1-4H3. The molecule has 5 nitrogen and oxygen atoms in total. The van der Waals surface area contributed by atoms with Gasteiger partial charge in [-0.05, 0) is 25.0 Å². The van der Waals surface area contributed by atoms with E-state index in [0.717, 1.165) is 25.9 Å². The first-order chi connectivity index (χ1) is 9.58. The molecule has 1 rings (SSSR count). The molecule has 0 radical (unpaired) electrons. The van der Waals surface area contributed by atoms with Crippen LogP contribution in [0.3, 0.4) is 0 Å². The molecule has 5 heteroatoms. The number of ether oxygens (including phenoxy) is 2. The molecule has 0 aromatic heterocycles. The van der Waals surface area contributed by atoms with E-state index in [2.05, 4.69) is 13.8 Å². The van der Waals surface area contributed by atoms with E-state index in [1.807, 2.05) is 4.90 Å². The third kappa shape index (κ3) is 3.56. The van der Waals surface area contributed by atoms with Gasteiger partial charge >= 0.3 is 0 Å². The Labute approximate surface area is 120 Å². The Balaban J connectivity index is 3.11. The topological polar surface area (TPSA) is 64.8 Å². The minimum Gasteiger partial charge on any atom is -0.493 e. The monoisotopic (exact) mass is 280 g/mol. The maximum Gasteiger partial charge on any atom is 0.254 e. The number of rotatable bonds is 7. The largest absolute Gasteiger partial charge is 0.493 e. The van der Waals surface area contributed by atoms with Gasteiger partial charge < -0.3 is 20.1 Å². The highest BCUT2D eigenvalue weighted by molar-refractivity contribution is 5.96. The Morgan fingerprint density at radius 1 is 1.15 bits per heavy atom. The number of nitrogens with two attached hydrogens (primary N) is 1. The van der Waals surface area contributed by atoms with Crippen molar-refractivity contribution in [3.05, 3.63) is 17.7 Å². The number of carbonyl (C=O) groups excluding carboxylic acids is 1. The second-order valence-electron chi connectivity index (χ2n) is 4.59. The van der Waals surface area contributed by atoms with E-state index >= 15 is 0 Å². The van der Waals surface area contributed by atoms with Crippen molar-refractivity contribution in [2.75, 3.05) is 33.0 Å². The van der Waals surface area contributed by atoms with Gasteiger partial charge in [0.25, 0.3) is 5.91 Å². The van der Waals surface area contributed by atoms with Crippen LogP contribution in [0.2, 0.25) is 0 Å². The van der Waals surface area contributed by atoms with Gasteiger partial charge in [0.2, 0.25) is 0 Å². The fourth-order valence-electron chi connectivity index (χ4n) is 2.15. The number of hydrogen-bond donors (Lipinski definition) is 1. The van der Waals surface area contributed by atoms with Crippen molar-refractivity contribution in [1.29, 1.82) is 0 Å². The molecule has 0 atom stereocenters. The summed E-state index contributed by atoms with van der Waals surface area (Å²) in [6, 6.07) is 3.32. The molecule has 0 bridgehead atoms. The normalized spacial score (nSPS) is 10.2. The summed E-state index contributed by atoms with van der Waals surface area (Å²) in [5.74, 6) is 0.909. The summed E-state index contributed by atoms with van der Waals surface area (Å²) in [4.78, 5) is 14.4. The molecule has 0 aliphatic rings. The minimum atomic E-state index is -0.0265. The van der Waals surface area contributed by atoms with Gasteiger partial charge in [0.15, 0.2) is 11.5 Å². The van der Waals surface area contributed by atoms with Gasteiger partial charge in [-0.25, -0.2) is 0 Å². The van der Waals surface area contributed by atoms with Crippen LogP contribution in [0, 0.1) is 0 Å². The summed E-state index contributed by atoms with van der Waals surface area (Å²) in [5.41, 5.74) is 6.85. The van der Waals surface area contributed by atoms with Gasteiger partial charge in [-0.2, -0.15) is 0 Å². The van der Waals surface area contributed by atoms with Gasteiger partial charge in [0.1, 0.15) is 0 Å². The van der Waals surface area contributed by atoms with E-state index in [0.29, 0.717) is 22.7 Å². The third-order valence-corrected chi connectivity index (χ3v) is 3.03. The maximum absolute atomic E-state index is 12.5. The predicted octanol–water partition coefficient (Wildman–Crippen LogP) is 2.55. The molecular weight excluding hydrogens is 256 g/mol. The zero-order valence-corrected chi connectivity index (χ0v) is 12.7. The van der Waals surface area contributed by atoms with Crippen molar-refractivity contribution in [1.82, 2.24) is 4.90 Å². The molecule has 1 aromatic rings. The quantitative estimate of drug-likeness (QED) is 0.780. The zero-order chi connectivity index (χ0) is 15.1. The van der Waals surface area contributed by atoms with Crippen LogP contribution in [-0.2, 0) is 0 Å². The average Bonchev–Trinajstić information content (AvgIpc) is 2.45. The lowest BCUT2D eigenvalue weighted by Gasteiger charge is -2.22. The Kier molecular flexibility index (Phi) is 6.15. The van der Waals surface area contributed by atoms with Crippen molar-refractivity contribution < 1.29 is 14.3 Å². The van der Waals surface area contributed by atoms with E-state index < -0.39 is 0 Å². The maximum atomic E-state index is 12.5. The Bertz CT molecular complexity index is 455. The average molecular weight is 280 g/mol. The molecule has 1 amide bonds. The number of nitrogens with zero attached hydrogens (tertiary/aromatic N) is 1. The number of benzene rings is 1. The van der Waals surface area contributed by atoms with Crippen LogP contribution in [0.5, 0.6) is 11.5 Å². The molecule has 112 valence electrons. The van der Waals surface area contributed by atoms with Crippen LogP contribution in [-0.4, -0.2) is 38.1 Å². The number of methoxy groups -OCH3 is 2. The number of anilines is 1. The van der Waals surface area contributed by atoms with Crippen LogP contribution in [0.1, 0.15) is 37.0 Å². The minimum absolute atomic E-state index is 0.0265. The Morgan fingerprint density at radius 2 is 1.75 bits per heavy atom. The molecule has 0 spiro atoms. The van der Waals surface area contributed by atoms with Crippen molar-refractivity contribution in [2.24, 2.45) is 0 Å². The molecule has 0 saturated carbocycles. The summed E-state index contributed by atoms with van der Waals surface area (Å²) < 4.78 is 10.4. The molecule has 0 fully saturated rings. The molecule has 0 unspecified atom stereocenters. The van der Waals surface area contributed by atoms with E-state index in [1.54, 1.807) is 12.1 Å². The molecule has 2 N–H and O–H groups in total. The fraction of sp³-hybridized carbons (Fsp3) is 0.533. The second-order valence-corrected chi connectivity index (χ2v) is 4.59. The third-order valence-electron chi connectivity index (χ3n) is 3.03. The van der Waals surface area contributed by atoms with E-state index in [1.165, 1.54) is 14.2 Å².